The molecule has 8 heteroatoms. The van der Waals surface area contributed by atoms with Gasteiger partial charge in [0.2, 0.25) is 11.0 Å². The average molecular weight is 458 g/mol. The number of hydrogen-bond acceptors (Lipinski definition) is 5. The van der Waals surface area contributed by atoms with E-state index in [-0.39, 0.29) is 11.8 Å². The van der Waals surface area contributed by atoms with E-state index in [4.69, 9.17) is 23.2 Å². The van der Waals surface area contributed by atoms with Gasteiger partial charge in [-0.3, -0.25) is 4.79 Å². The number of hydrogen-bond donors (Lipinski definition) is 1. The van der Waals surface area contributed by atoms with Crippen LogP contribution in [0.3, 0.4) is 0 Å². The lowest BCUT2D eigenvalue weighted by molar-refractivity contribution is -0.121. The third-order valence-corrected chi connectivity index (χ3v) is 7.95. The Morgan fingerprint density at radius 3 is 2.71 bits per heavy atom. The summed E-state index contributed by atoms with van der Waals surface area (Å²) < 4.78 is 0.824. The van der Waals surface area contributed by atoms with Crippen molar-refractivity contribution in [3.05, 3.63) is 33.8 Å². The standard InChI is InChI=1S/C20H25Cl2N3OS2/c1-2-3-4-13-5-8-15(9-6-13)18(26)23-19-24-25-20(28-19)27-12-14-7-10-16(21)17(22)11-14/h7,10-11,13,15H,2-6,8-9,12H2,1H3,(H,23,24,26). The van der Waals surface area contributed by atoms with Crippen molar-refractivity contribution in [2.45, 2.75) is 62.0 Å². The zero-order valence-electron chi connectivity index (χ0n) is 15.9. The summed E-state index contributed by atoms with van der Waals surface area (Å²) in [4.78, 5) is 12.5. The molecule has 1 aromatic carbocycles. The zero-order valence-corrected chi connectivity index (χ0v) is 19.1. The van der Waals surface area contributed by atoms with Crippen LogP contribution in [0.25, 0.3) is 0 Å². The van der Waals surface area contributed by atoms with E-state index in [1.807, 2.05) is 12.1 Å². The van der Waals surface area contributed by atoms with Gasteiger partial charge in [0.1, 0.15) is 0 Å². The third-order valence-electron chi connectivity index (χ3n) is 5.17. The van der Waals surface area contributed by atoms with E-state index in [0.717, 1.165) is 34.4 Å². The van der Waals surface area contributed by atoms with Crippen LogP contribution in [0.1, 0.15) is 57.4 Å². The summed E-state index contributed by atoms with van der Waals surface area (Å²) >= 11 is 15.0. The monoisotopic (exact) mass is 457 g/mol. The van der Waals surface area contributed by atoms with Gasteiger partial charge in [0.25, 0.3) is 0 Å². The van der Waals surface area contributed by atoms with Crippen LogP contribution in [0, 0.1) is 11.8 Å². The molecule has 0 bridgehead atoms. The van der Waals surface area contributed by atoms with E-state index < -0.39 is 0 Å². The number of thioether (sulfide) groups is 1. The Morgan fingerprint density at radius 2 is 2.00 bits per heavy atom. The van der Waals surface area contributed by atoms with Gasteiger partial charge in [-0.1, -0.05) is 78.6 Å². The summed E-state index contributed by atoms with van der Waals surface area (Å²) in [5.41, 5.74) is 1.07. The first-order chi connectivity index (χ1) is 13.5. The first-order valence-corrected chi connectivity index (χ1v) is 12.3. The van der Waals surface area contributed by atoms with Crippen LogP contribution < -0.4 is 5.32 Å². The van der Waals surface area contributed by atoms with E-state index in [0.29, 0.717) is 15.2 Å². The molecule has 0 unspecified atom stereocenters. The molecule has 1 amide bonds. The van der Waals surface area contributed by atoms with Gasteiger partial charge in [0, 0.05) is 11.7 Å². The summed E-state index contributed by atoms with van der Waals surface area (Å²) in [7, 11) is 0. The summed E-state index contributed by atoms with van der Waals surface area (Å²) in [6.07, 6.45) is 8.16. The predicted octanol–water partition coefficient (Wildman–Crippen LogP) is 7.07. The normalized spacial score (nSPS) is 19.5. The number of anilines is 1. The van der Waals surface area contributed by atoms with Crippen LogP contribution in [0.2, 0.25) is 10.0 Å². The van der Waals surface area contributed by atoms with Gasteiger partial charge in [-0.05, 0) is 49.3 Å². The van der Waals surface area contributed by atoms with Crippen LogP contribution in [-0.2, 0) is 10.5 Å². The molecule has 1 saturated carbocycles. The molecule has 1 heterocycles. The second kappa shape index (κ2) is 10.8. The SMILES string of the molecule is CCCCC1CCC(C(=O)Nc2nnc(SCc3ccc(Cl)c(Cl)c3)s2)CC1. The van der Waals surface area contributed by atoms with Gasteiger partial charge in [-0.25, -0.2) is 0 Å². The number of carbonyl (C=O) groups excluding carboxylic acids is 1. The number of rotatable bonds is 8. The van der Waals surface area contributed by atoms with Crippen LogP contribution in [0.4, 0.5) is 5.13 Å². The van der Waals surface area contributed by atoms with Crippen molar-refractivity contribution in [3.8, 4) is 0 Å². The molecular weight excluding hydrogens is 433 g/mol. The smallest absolute Gasteiger partial charge is 0.229 e. The van der Waals surface area contributed by atoms with E-state index in [2.05, 4.69) is 22.4 Å². The Morgan fingerprint density at radius 1 is 1.21 bits per heavy atom. The van der Waals surface area contributed by atoms with E-state index in [1.165, 1.54) is 43.4 Å². The molecule has 1 aliphatic rings. The lowest BCUT2D eigenvalue weighted by Gasteiger charge is -2.27. The maximum absolute atomic E-state index is 12.5. The minimum atomic E-state index is 0.0890. The van der Waals surface area contributed by atoms with Gasteiger partial charge in [-0.15, -0.1) is 10.2 Å². The van der Waals surface area contributed by atoms with Crippen LogP contribution in [0.15, 0.2) is 22.5 Å². The summed E-state index contributed by atoms with van der Waals surface area (Å²) in [6.45, 7) is 2.23. The van der Waals surface area contributed by atoms with Gasteiger partial charge in [0.15, 0.2) is 4.34 Å². The molecule has 0 atom stereocenters. The fraction of sp³-hybridized carbons (Fsp3) is 0.550. The summed E-state index contributed by atoms with van der Waals surface area (Å²) in [5, 5.41) is 12.9. The second-order valence-electron chi connectivity index (χ2n) is 7.26. The van der Waals surface area contributed by atoms with Crippen molar-refractivity contribution in [1.29, 1.82) is 0 Å². The van der Waals surface area contributed by atoms with Crippen molar-refractivity contribution in [2.75, 3.05) is 5.32 Å². The van der Waals surface area contributed by atoms with Crippen molar-refractivity contribution in [3.63, 3.8) is 0 Å². The molecule has 0 radical (unpaired) electrons. The third kappa shape index (κ3) is 6.34. The average Bonchev–Trinajstić information content (AvgIpc) is 3.15. The molecule has 1 N–H and O–H groups in total. The van der Waals surface area contributed by atoms with Crippen molar-refractivity contribution in [1.82, 2.24) is 10.2 Å². The number of halogens is 2. The van der Waals surface area contributed by atoms with Gasteiger partial charge >= 0.3 is 0 Å². The fourth-order valence-corrected chi connectivity index (χ4v) is 5.53. The zero-order chi connectivity index (χ0) is 19.9. The van der Waals surface area contributed by atoms with Crippen LogP contribution in [-0.4, -0.2) is 16.1 Å². The van der Waals surface area contributed by atoms with Crippen molar-refractivity contribution in [2.24, 2.45) is 11.8 Å². The lowest BCUT2D eigenvalue weighted by Crippen LogP contribution is -2.27. The molecule has 152 valence electrons. The quantitative estimate of drug-likeness (QED) is 0.339. The minimum Gasteiger partial charge on any atom is -0.300 e. The highest BCUT2D eigenvalue weighted by Crippen LogP contribution is 2.34. The molecule has 0 saturated heterocycles. The topological polar surface area (TPSA) is 54.9 Å². The molecule has 1 aromatic heterocycles. The Hall–Kier alpha value is -0.820. The van der Waals surface area contributed by atoms with E-state index in [1.54, 1.807) is 17.8 Å². The number of amides is 1. The first kappa shape index (κ1) is 21.9. The van der Waals surface area contributed by atoms with E-state index in [9.17, 15) is 4.79 Å². The minimum absolute atomic E-state index is 0.0890. The van der Waals surface area contributed by atoms with Gasteiger partial charge < -0.3 is 5.32 Å². The molecule has 1 fully saturated rings. The highest BCUT2D eigenvalue weighted by atomic mass is 35.5. The maximum Gasteiger partial charge on any atom is 0.229 e. The first-order valence-electron chi connectivity index (χ1n) is 9.76. The number of unbranched alkanes of at least 4 members (excludes halogenated alkanes) is 1. The summed E-state index contributed by atoms with van der Waals surface area (Å²) in [5.74, 6) is 1.72. The van der Waals surface area contributed by atoms with Gasteiger partial charge in [-0.2, -0.15) is 0 Å². The van der Waals surface area contributed by atoms with Gasteiger partial charge in [0.05, 0.1) is 10.0 Å². The molecule has 2 aromatic rings. The Balaban J connectivity index is 1.45. The Labute approximate surface area is 184 Å². The molecule has 28 heavy (non-hydrogen) atoms. The lowest BCUT2D eigenvalue weighted by atomic mass is 9.79. The van der Waals surface area contributed by atoms with Crippen LogP contribution in [0.5, 0.6) is 0 Å². The molecule has 1 aliphatic carbocycles. The largest absolute Gasteiger partial charge is 0.300 e. The molecule has 4 nitrogen and oxygen atoms in total. The molecule has 0 aliphatic heterocycles. The highest BCUT2D eigenvalue weighted by Gasteiger charge is 2.26. The molecular formula is C20H25Cl2N3OS2. The Kier molecular flexibility index (Phi) is 8.45. The number of benzene rings is 1. The maximum atomic E-state index is 12.5. The number of nitrogens with zero attached hydrogens (tertiary/aromatic N) is 2. The summed E-state index contributed by atoms with van der Waals surface area (Å²) in [6, 6.07) is 5.60. The molecule has 3 rings (SSSR count). The highest BCUT2D eigenvalue weighted by molar-refractivity contribution is 8.00. The number of carbonyl (C=O) groups is 1. The second-order valence-corrected chi connectivity index (χ2v) is 10.3. The number of nitrogens with one attached hydrogen (secondary N) is 1. The molecule has 0 spiro atoms. The Bertz CT molecular complexity index is 792. The number of aromatic nitrogens is 2. The van der Waals surface area contributed by atoms with E-state index >= 15 is 0 Å². The predicted molar refractivity (Wildman–Crippen MR) is 120 cm³/mol. The van der Waals surface area contributed by atoms with Crippen molar-refractivity contribution < 1.29 is 4.79 Å². The van der Waals surface area contributed by atoms with Crippen molar-refractivity contribution >= 4 is 57.3 Å². The fourth-order valence-electron chi connectivity index (χ4n) is 3.51. The van der Waals surface area contributed by atoms with Crippen LogP contribution >= 0.6 is 46.3 Å².